The number of nitrogens with one attached hydrogen (secondary N) is 1. The van der Waals surface area contributed by atoms with Crippen molar-refractivity contribution in [3.8, 4) is 11.8 Å². The third kappa shape index (κ3) is 3.89. The molecule has 3 N–H and O–H groups in total. The van der Waals surface area contributed by atoms with Crippen LogP contribution in [0.5, 0.6) is 11.8 Å². The van der Waals surface area contributed by atoms with Crippen LogP contribution < -0.4 is 10.2 Å². The minimum Gasteiger partial charge on any atom is -0.492 e. The molecular weight excluding hydrogens is 268 g/mol. The van der Waals surface area contributed by atoms with Crippen LogP contribution >= 0.6 is 0 Å². The van der Waals surface area contributed by atoms with E-state index in [9.17, 15) is 19.8 Å². The minimum absolute atomic E-state index is 0.155. The fourth-order valence-electron chi connectivity index (χ4n) is 1.50. The lowest BCUT2D eigenvalue weighted by Crippen LogP contribution is -2.47. The second kappa shape index (κ2) is 6.80. The molecule has 0 fully saturated rings. The van der Waals surface area contributed by atoms with E-state index >= 15 is 0 Å². The number of rotatable bonds is 6. The van der Waals surface area contributed by atoms with Crippen LogP contribution in [0.25, 0.3) is 0 Å². The number of hydrogen-bond acceptors (Lipinski definition) is 7. The predicted octanol–water partition coefficient (Wildman–Crippen LogP) is -0.358. The maximum absolute atomic E-state index is 12.0. The summed E-state index contributed by atoms with van der Waals surface area (Å²) in [5.41, 5.74) is 0. The van der Waals surface area contributed by atoms with Gasteiger partial charge in [0.2, 0.25) is 11.8 Å². The zero-order chi connectivity index (χ0) is 15.3. The summed E-state index contributed by atoms with van der Waals surface area (Å²) < 4.78 is 5.06. The van der Waals surface area contributed by atoms with Crippen LogP contribution in [0.1, 0.15) is 13.8 Å². The van der Waals surface area contributed by atoms with Gasteiger partial charge in [-0.1, -0.05) is 13.8 Å². The highest BCUT2D eigenvalue weighted by Crippen LogP contribution is 2.19. The number of nitrogens with zero attached hydrogens (tertiary/aromatic N) is 1. The summed E-state index contributed by atoms with van der Waals surface area (Å²) in [5, 5.41) is 21.5. The average Bonchev–Trinajstić information content (AvgIpc) is 2.70. The van der Waals surface area contributed by atoms with E-state index in [1.54, 1.807) is 13.8 Å². The zero-order valence-electron chi connectivity index (χ0n) is 11.5. The first kappa shape index (κ1) is 15.8. The first-order valence-electron chi connectivity index (χ1n) is 5.98. The van der Waals surface area contributed by atoms with Gasteiger partial charge in [0.1, 0.15) is 6.04 Å². The molecule has 0 radical (unpaired) electrons. The molecule has 0 aromatic carbocycles. The molecule has 8 heteroatoms. The van der Waals surface area contributed by atoms with Crippen LogP contribution in [-0.4, -0.2) is 46.6 Å². The Hall–Kier alpha value is -2.22. The van der Waals surface area contributed by atoms with E-state index in [1.807, 2.05) is 0 Å². The van der Waals surface area contributed by atoms with Crippen LogP contribution in [0.4, 0.5) is 0 Å². The van der Waals surface area contributed by atoms with E-state index in [2.05, 4.69) is 10.1 Å². The van der Waals surface area contributed by atoms with E-state index in [4.69, 9.17) is 4.84 Å². The molecule has 1 aromatic rings. The highest BCUT2D eigenvalue weighted by Gasteiger charge is 2.26. The molecular formula is C12H18N2O6. The third-order valence-electron chi connectivity index (χ3n) is 2.59. The van der Waals surface area contributed by atoms with E-state index in [1.165, 1.54) is 19.2 Å². The first-order valence-corrected chi connectivity index (χ1v) is 5.98. The van der Waals surface area contributed by atoms with Gasteiger partial charge in [0.15, 0.2) is 0 Å². The SMILES string of the molecule is COC(=O)CN[C@H](C(=O)On1c(O)ccc1O)C(C)C. The van der Waals surface area contributed by atoms with Gasteiger partial charge in [0.25, 0.3) is 0 Å². The Morgan fingerprint density at radius 2 is 1.85 bits per heavy atom. The molecule has 0 spiro atoms. The third-order valence-corrected chi connectivity index (χ3v) is 2.59. The Labute approximate surface area is 115 Å². The molecule has 1 aromatic heterocycles. The van der Waals surface area contributed by atoms with Gasteiger partial charge in [-0.3, -0.25) is 10.1 Å². The first-order chi connectivity index (χ1) is 9.36. The highest BCUT2D eigenvalue weighted by molar-refractivity contribution is 5.78. The Bertz CT molecular complexity index is 463. The molecule has 112 valence electrons. The van der Waals surface area contributed by atoms with Crippen molar-refractivity contribution >= 4 is 11.9 Å². The molecule has 0 saturated heterocycles. The minimum atomic E-state index is -0.796. The average molecular weight is 286 g/mol. The summed E-state index contributed by atoms with van der Waals surface area (Å²) >= 11 is 0. The molecule has 1 rings (SSSR count). The molecule has 1 atom stereocenters. The Balaban J connectivity index is 2.72. The van der Waals surface area contributed by atoms with Gasteiger partial charge < -0.3 is 19.8 Å². The highest BCUT2D eigenvalue weighted by atomic mass is 16.7. The normalized spacial score (nSPS) is 12.2. The summed E-state index contributed by atoms with van der Waals surface area (Å²) in [5.74, 6) is -2.26. The lowest BCUT2D eigenvalue weighted by Gasteiger charge is -2.20. The van der Waals surface area contributed by atoms with Crippen molar-refractivity contribution in [2.75, 3.05) is 13.7 Å². The second-order valence-corrected chi connectivity index (χ2v) is 4.43. The number of methoxy groups -OCH3 is 1. The lowest BCUT2D eigenvalue weighted by molar-refractivity contribution is -0.149. The molecule has 0 aliphatic carbocycles. The number of ether oxygens (including phenoxy) is 1. The maximum Gasteiger partial charge on any atom is 0.350 e. The summed E-state index contributed by atoms with van der Waals surface area (Å²) in [6.07, 6.45) is 0. The molecule has 0 bridgehead atoms. The van der Waals surface area contributed by atoms with Crippen LogP contribution in [0, 0.1) is 5.92 Å². The number of aromatic nitrogens is 1. The number of aromatic hydroxyl groups is 2. The maximum atomic E-state index is 12.0. The molecule has 0 saturated carbocycles. The number of esters is 1. The molecule has 20 heavy (non-hydrogen) atoms. The van der Waals surface area contributed by atoms with E-state index in [0.717, 1.165) is 0 Å². The Kier molecular flexibility index (Phi) is 5.39. The zero-order valence-corrected chi connectivity index (χ0v) is 11.5. The van der Waals surface area contributed by atoms with Crippen molar-refractivity contribution in [3.63, 3.8) is 0 Å². The van der Waals surface area contributed by atoms with E-state index in [-0.39, 0.29) is 12.5 Å². The van der Waals surface area contributed by atoms with Gasteiger partial charge in [0.05, 0.1) is 13.7 Å². The molecule has 0 amide bonds. The van der Waals surface area contributed by atoms with Crippen molar-refractivity contribution < 1.29 is 29.4 Å². The lowest BCUT2D eigenvalue weighted by atomic mass is 10.1. The van der Waals surface area contributed by atoms with Gasteiger partial charge in [-0.25, -0.2) is 4.79 Å². The van der Waals surface area contributed by atoms with Crippen molar-refractivity contribution in [2.24, 2.45) is 5.92 Å². The number of carbonyl (C=O) groups excluding carboxylic acids is 2. The Morgan fingerprint density at radius 1 is 1.30 bits per heavy atom. The van der Waals surface area contributed by atoms with Crippen molar-refractivity contribution in [1.82, 2.24) is 10.0 Å². The van der Waals surface area contributed by atoms with Crippen LogP contribution in [0.3, 0.4) is 0 Å². The van der Waals surface area contributed by atoms with Gasteiger partial charge in [0, 0.05) is 12.1 Å². The molecule has 0 aliphatic rings. The molecule has 8 nitrogen and oxygen atoms in total. The van der Waals surface area contributed by atoms with Gasteiger partial charge in [-0.15, -0.1) is 4.73 Å². The fourth-order valence-corrected chi connectivity index (χ4v) is 1.50. The van der Waals surface area contributed by atoms with Gasteiger partial charge >= 0.3 is 11.9 Å². The quantitative estimate of drug-likeness (QED) is 0.613. The van der Waals surface area contributed by atoms with Crippen molar-refractivity contribution in [2.45, 2.75) is 19.9 Å². The Morgan fingerprint density at radius 3 is 2.30 bits per heavy atom. The van der Waals surface area contributed by atoms with E-state index < -0.39 is 29.7 Å². The molecule has 1 heterocycles. The second-order valence-electron chi connectivity index (χ2n) is 4.43. The standard InChI is InChI=1S/C12H18N2O6/c1-7(2)11(13-6-10(17)19-3)12(18)20-14-8(15)4-5-9(14)16/h4-5,7,11,13,15-16H,6H2,1-3H3/t11-/m0/s1. The largest absolute Gasteiger partial charge is 0.492 e. The van der Waals surface area contributed by atoms with Crippen molar-refractivity contribution in [1.29, 1.82) is 0 Å². The number of carbonyl (C=O) groups is 2. The topological polar surface area (TPSA) is 110 Å². The predicted molar refractivity (Wildman–Crippen MR) is 68.0 cm³/mol. The summed E-state index contributed by atoms with van der Waals surface area (Å²) in [4.78, 5) is 27.9. The van der Waals surface area contributed by atoms with Crippen LogP contribution in [-0.2, 0) is 14.3 Å². The smallest absolute Gasteiger partial charge is 0.350 e. The molecule has 0 unspecified atom stereocenters. The van der Waals surface area contributed by atoms with Crippen molar-refractivity contribution in [3.05, 3.63) is 12.1 Å². The van der Waals surface area contributed by atoms with Crippen LogP contribution in [0.15, 0.2) is 12.1 Å². The summed E-state index contributed by atoms with van der Waals surface area (Å²) in [7, 11) is 1.24. The molecule has 0 aliphatic heterocycles. The fraction of sp³-hybridized carbons (Fsp3) is 0.500. The summed E-state index contributed by atoms with van der Waals surface area (Å²) in [6, 6.07) is 1.55. The van der Waals surface area contributed by atoms with Crippen LogP contribution in [0.2, 0.25) is 0 Å². The monoisotopic (exact) mass is 286 g/mol. The van der Waals surface area contributed by atoms with Gasteiger partial charge in [-0.2, -0.15) is 0 Å². The summed E-state index contributed by atoms with van der Waals surface area (Å²) in [6.45, 7) is 3.36. The van der Waals surface area contributed by atoms with E-state index in [0.29, 0.717) is 4.73 Å². The number of hydrogen-bond donors (Lipinski definition) is 3. The van der Waals surface area contributed by atoms with Gasteiger partial charge in [-0.05, 0) is 5.92 Å².